The van der Waals surface area contributed by atoms with E-state index in [1.165, 1.54) is 0 Å². The molecule has 3 heterocycles. The summed E-state index contributed by atoms with van der Waals surface area (Å²) in [6, 6.07) is 8.69. The van der Waals surface area contributed by atoms with E-state index in [-0.39, 0.29) is 0 Å². The number of thiazole rings is 1. The van der Waals surface area contributed by atoms with Crippen molar-refractivity contribution >= 4 is 28.3 Å². The van der Waals surface area contributed by atoms with Crippen LogP contribution < -0.4 is 11.1 Å². The van der Waals surface area contributed by atoms with Gasteiger partial charge < -0.3 is 15.6 Å². The summed E-state index contributed by atoms with van der Waals surface area (Å²) in [6.07, 6.45) is 1.12. The summed E-state index contributed by atoms with van der Waals surface area (Å²) in [5.41, 5.74) is 10.8. The maximum atomic E-state index is 5.67. The average molecular weight is 342 g/mol. The van der Waals surface area contributed by atoms with Gasteiger partial charge in [-0.1, -0.05) is 12.1 Å². The molecule has 1 fully saturated rings. The molecule has 24 heavy (non-hydrogen) atoms. The van der Waals surface area contributed by atoms with Gasteiger partial charge in [-0.15, -0.1) is 11.3 Å². The Kier molecular flexibility index (Phi) is 4.46. The Labute approximate surface area is 145 Å². The van der Waals surface area contributed by atoms with Crippen LogP contribution in [0.3, 0.4) is 0 Å². The summed E-state index contributed by atoms with van der Waals surface area (Å²) in [4.78, 5) is 11.6. The highest BCUT2D eigenvalue weighted by Crippen LogP contribution is 2.23. The molecule has 1 unspecified atom stereocenters. The van der Waals surface area contributed by atoms with Gasteiger partial charge in [-0.25, -0.2) is 9.97 Å². The molecule has 2 aromatic heterocycles. The van der Waals surface area contributed by atoms with Crippen LogP contribution in [0.1, 0.15) is 12.1 Å². The van der Waals surface area contributed by atoms with Gasteiger partial charge in [0.15, 0.2) is 0 Å². The number of fused-ring (bicyclic) bond motifs is 1. The molecular weight excluding hydrogens is 320 g/mol. The number of rotatable bonds is 6. The van der Waals surface area contributed by atoms with Crippen molar-refractivity contribution in [2.75, 3.05) is 31.5 Å². The quantitative estimate of drug-likeness (QED) is 0.717. The van der Waals surface area contributed by atoms with Gasteiger partial charge in [0, 0.05) is 37.6 Å². The highest BCUT2D eigenvalue weighted by Gasteiger charge is 2.23. The maximum absolute atomic E-state index is 5.67. The first-order valence-electron chi connectivity index (χ1n) is 8.35. The Morgan fingerprint density at radius 1 is 1.33 bits per heavy atom. The van der Waals surface area contributed by atoms with E-state index >= 15 is 0 Å². The van der Waals surface area contributed by atoms with Crippen LogP contribution in [0.25, 0.3) is 11.0 Å². The number of nitrogens with two attached hydrogens (primary N) is 1. The summed E-state index contributed by atoms with van der Waals surface area (Å²) in [5.74, 6) is 0.934. The first kappa shape index (κ1) is 15.6. The Bertz CT molecular complexity index is 797. The SMILES string of the molecule is NCCN1CCC(Nc2nc3ccccc3n2Cc2cscn2)C1. The molecule has 1 aliphatic heterocycles. The molecule has 0 spiro atoms. The van der Waals surface area contributed by atoms with Crippen LogP contribution in [0.15, 0.2) is 35.2 Å². The van der Waals surface area contributed by atoms with Crippen molar-refractivity contribution < 1.29 is 0 Å². The Hall–Kier alpha value is -1.96. The van der Waals surface area contributed by atoms with Gasteiger partial charge in [0.25, 0.3) is 0 Å². The minimum Gasteiger partial charge on any atom is -0.352 e. The predicted octanol–water partition coefficient (Wildman–Crippen LogP) is 1.99. The first-order valence-corrected chi connectivity index (χ1v) is 9.29. The van der Waals surface area contributed by atoms with E-state index in [2.05, 4.69) is 43.3 Å². The van der Waals surface area contributed by atoms with Crippen molar-refractivity contribution in [1.29, 1.82) is 0 Å². The van der Waals surface area contributed by atoms with Crippen LogP contribution in [-0.2, 0) is 6.54 Å². The standard InChI is InChI=1S/C17H22N6S/c18-6-8-22-7-5-13(9-22)20-17-21-15-3-1-2-4-16(15)23(17)10-14-11-24-12-19-14/h1-4,11-13H,5-10,18H2,(H,20,21). The number of aromatic nitrogens is 3. The van der Waals surface area contributed by atoms with Crippen LogP contribution in [0, 0.1) is 0 Å². The molecule has 4 rings (SSSR count). The number of anilines is 1. The third-order valence-electron chi connectivity index (χ3n) is 4.51. The van der Waals surface area contributed by atoms with Crippen molar-refractivity contribution in [3.05, 3.63) is 40.8 Å². The molecule has 3 N–H and O–H groups in total. The second-order valence-electron chi connectivity index (χ2n) is 6.21. The summed E-state index contributed by atoms with van der Waals surface area (Å²) in [6.45, 7) is 4.55. The van der Waals surface area contributed by atoms with Gasteiger partial charge in [-0.05, 0) is 18.6 Å². The lowest BCUT2D eigenvalue weighted by Crippen LogP contribution is -2.30. The molecule has 0 saturated carbocycles. The van der Waals surface area contributed by atoms with Gasteiger partial charge in [-0.2, -0.15) is 0 Å². The lowest BCUT2D eigenvalue weighted by Gasteiger charge is -2.17. The molecular formula is C17H22N6S. The molecule has 1 atom stereocenters. The molecule has 3 aromatic rings. The van der Waals surface area contributed by atoms with E-state index < -0.39 is 0 Å². The maximum Gasteiger partial charge on any atom is 0.204 e. The largest absolute Gasteiger partial charge is 0.352 e. The molecule has 6 nitrogen and oxygen atoms in total. The number of hydrogen-bond donors (Lipinski definition) is 2. The van der Waals surface area contributed by atoms with E-state index in [1.807, 2.05) is 11.6 Å². The summed E-state index contributed by atoms with van der Waals surface area (Å²) in [5, 5.41) is 5.74. The zero-order chi connectivity index (χ0) is 16.4. The van der Waals surface area contributed by atoms with E-state index in [0.717, 1.165) is 61.8 Å². The zero-order valence-electron chi connectivity index (χ0n) is 13.6. The van der Waals surface area contributed by atoms with Gasteiger partial charge >= 0.3 is 0 Å². The van der Waals surface area contributed by atoms with Gasteiger partial charge in [0.05, 0.1) is 28.8 Å². The Morgan fingerprint density at radius 2 is 2.25 bits per heavy atom. The van der Waals surface area contributed by atoms with Crippen LogP contribution in [0.2, 0.25) is 0 Å². The Morgan fingerprint density at radius 3 is 3.08 bits per heavy atom. The highest BCUT2D eigenvalue weighted by molar-refractivity contribution is 7.07. The summed E-state index contributed by atoms with van der Waals surface area (Å²) >= 11 is 1.63. The Balaban J connectivity index is 1.60. The topological polar surface area (TPSA) is 72.0 Å². The number of imidazole rings is 1. The van der Waals surface area contributed by atoms with Crippen molar-refractivity contribution in [3.8, 4) is 0 Å². The molecule has 7 heteroatoms. The number of nitrogens with one attached hydrogen (secondary N) is 1. The second kappa shape index (κ2) is 6.88. The number of para-hydroxylation sites is 2. The summed E-state index contributed by atoms with van der Waals surface area (Å²) in [7, 11) is 0. The molecule has 1 saturated heterocycles. The number of likely N-dealkylation sites (tertiary alicyclic amines) is 1. The van der Waals surface area contributed by atoms with Crippen molar-refractivity contribution in [2.45, 2.75) is 19.0 Å². The second-order valence-corrected chi connectivity index (χ2v) is 6.93. The van der Waals surface area contributed by atoms with Crippen LogP contribution in [0.5, 0.6) is 0 Å². The monoisotopic (exact) mass is 342 g/mol. The van der Waals surface area contributed by atoms with Gasteiger partial charge in [0.1, 0.15) is 0 Å². The third-order valence-corrected chi connectivity index (χ3v) is 5.14. The average Bonchev–Trinajstić information content (AvgIpc) is 3.31. The van der Waals surface area contributed by atoms with Crippen LogP contribution in [0.4, 0.5) is 5.95 Å². The van der Waals surface area contributed by atoms with Gasteiger partial charge in [-0.3, -0.25) is 4.90 Å². The van der Waals surface area contributed by atoms with Crippen LogP contribution in [-0.4, -0.2) is 51.7 Å². The zero-order valence-corrected chi connectivity index (χ0v) is 14.4. The molecule has 0 amide bonds. The van der Waals surface area contributed by atoms with Gasteiger partial charge in [0.2, 0.25) is 5.95 Å². The highest BCUT2D eigenvalue weighted by atomic mass is 32.1. The van der Waals surface area contributed by atoms with E-state index in [4.69, 9.17) is 10.7 Å². The first-order chi connectivity index (χ1) is 11.8. The van der Waals surface area contributed by atoms with E-state index in [9.17, 15) is 0 Å². The molecule has 0 radical (unpaired) electrons. The molecule has 1 aliphatic rings. The number of hydrogen-bond acceptors (Lipinski definition) is 6. The molecule has 126 valence electrons. The lowest BCUT2D eigenvalue weighted by molar-refractivity contribution is 0.346. The van der Waals surface area contributed by atoms with Crippen molar-refractivity contribution in [2.24, 2.45) is 5.73 Å². The fourth-order valence-corrected chi connectivity index (χ4v) is 3.89. The summed E-state index contributed by atoms with van der Waals surface area (Å²) < 4.78 is 2.23. The normalized spacial score (nSPS) is 18.5. The minimum absolute atomic E-state index is 0.419. The molecule has 0 bridgehead atoms. The van der Waals surface area contributed by atoms with Crippen LogP contribution >= 0.6 is 11.3 Å². The van der Waals surface area contributed by atoms with Crippen molar-refractivity contribution in [1.82, 2.24) is 19.4 Å². The number of benzene rings is 1. The fraction of sp³-hybridized carbons (Fsp3) is 0.412. The predicted molar refractivity (Wildman–Crippen MR) is 98.5 cm³/mol. The van der Waals surface area contributed by atoms with E-state index in [1.54, 1.807) is 11.3 Å². The lowest BCUT2D eigenvalue weighted by atomic mass is 10.3. The van der Waals surface area contributed by atoms with Crippen molar-refractivity contribution in [3.63, 3.8) is 0 Å². The molecule has 0 aliphatic carbocycles. The third kappa shape index (κ3) is 3.15. The molecule has 1 aromatic carbocycles. The fourth-order valence-electron chi connectivity index (χ4n) is 3.34. The number of nitrogens with zero attached hydrogens (tertiary/aromatic N) is 4. The minimum atomic E-state index is 0.419. The van der Waals surface area contributed by atoms with E-state index in [0.29, 0.717) is 6.04 Å². The smallest absolute Gasteiger partial charge is 0.204 e.